The van der Waals surface area contributed by atoms with Crippen molar-refractivity contribution in [3.63, 3.8) is 0 Å². The fourth-order valence-electron chi connectivity index (χ4n) is 8.50. The predicted octanol–water partition coefficient (Wildman–Crippen LogP) is 4.39. The van der Waals surface area contributed by atoms with Crippen LogP contribution in [0.2, 0.25) is 0 Å². The maximum absolute atomic E-state index is 13.5. The predicted molar refractivity (Wildman–Crippen MR) is 245 cm³/mol. The van der Waals surface area contributed by atoms with Crippen molar-refractivity contribution in [1.82, 2.24) is 40.8 Å². The number of rotatable bonds is 19. The standard InChI is InChI=1S/C48H51N11O8/c60-42-15-13-39(46(63)58-42)59-47(64)34-2-1-3-37(43(34)48(59)65)50-18-20-66-26-28-4-8-33(52-23-28)27-67-21-19-51-44(61)29-5-9-32(10-6-29)55-45(62)35-25-53-41(22-38(35)54-31-11-12-31)57-40-14-7-30-24-49-17-16-36(30)56-40/h1-4,7-8,14,16-17,22-25,29,31-32,39,50H,5-6,9-13,15,18-21,26-27H2,(H,51,61)(H,55,62)(H,58,60,63)(H2,53,54,56,57). The molecule has 0 radical (unpaired) electrons. The molecule has 6 N–H and O–H groups in total. The minimum Gasteiger partial charge on any atom is -0.382 e. The van der Waals surface area contributed by atoms with Gasteiger partial charge in [0.05, 0.1) is 60.0 Å². The quantitative estimate of drug-likeness (QED) is 0.0497. The molecule has 9 rings (SSSR count). The Kier molecular flexibility index (Phi) is 13.7. The molecule has 67 heavy (non-hydrogen) atoms. The SMILES string of the molecule is O=C1CCC(N2C(=O)c3cccc(NCCOCc4ccc(COCCNC(=O)C5CCC(NC(=O)c6cnc(Nc7ccc8cnccc8n7)cc6NC6CC6)CC5)nc4)c3C2=O)C(=O)N1. The molecule has 3 fully saturated rings. The molecule has 0 spiro atoms. The summed E-state index contributed by atoms with van der Waals surface area (Å²) in [5.41, 5.74) is 4.46. The second-order valence-electron chi connectivity index (χ2n) is 17.1. The number of carbonyl (C=O) groups is 6. The topological polar surface area (TPSA) is 248 Å². The fraction of sp³-hybridized carbons (Fsp3) is 0.375. The van der Waals surface area contributed by atoms with Crippen LogP contribution in [0, 0.1) is 5.92 Å². The number of nitrogens with zero attached hydrogens (tertiary/aromatic N) is 5. The summed E-state index contributed by atoms with van der Waals surface area (Å²) in [4.78, 5) is 95.6. The van der Waals surface area contributed by atoms with Crippen molar-refractivity contribution in [2.45, 2.75) is 82.7 Å². The molecular weight excluding hydrogens is 859 g/mol. The fourth-order valence-corrected chi connectivity index (χ4v) is 8.50. The van der Waals surface area contributed by atoms with Crippen LogP contribution in [0.15, 0.2) is 79.4 Å². The molecule has 6 amide bonds. The van der Waals surface area contributed by atoms with Crippen LogP contribution in [0.3, 0.4) is 0 Å². The summed E-state index contributed by atoms with van der Waals surface area (Å²) in [6.45, 7) is 1.92. The Balaban J connectivity index is 0.648. The lowest BCUT2D eigenvalue weighted by Gasteiger charge is -2.28. The van der Waals surface area contributed by atoms with Crippen LogP contribution in [0.4, 0.5) is 23.0 Å². The van der Waals surface area contributed by atoms with Gasteiger partial charge in [-0.15, -0.1) is 0 Å². The first-order chi connectivity index (χ1) is 32.7. The van der Waals surface area contributed by atoms with Gasteiger partial charge in [0.15, 0.2) is 0 Å². The molecule has 346 valence electrons. The lowest BCUT2D eigenvalue weighted by Crippen LogP contribution is -2.54. The Bertz CT molecular complexity index is 2690. The van der Waals surface area contributed by atoms with Gasteiger partial charge in [-0.1, -0.05) is 12.1 Å². The van der Waals surface area contributed by atoms with Gasteiger partial charge in [-0.3, -0.25) is 49.0 Å². The molecule has 6 heterocycles. The van der Waals surface area contributed by atoms with E-state index in [9.17, 15) is 28.8 Å². The monoisotopic (exact) mass is 909 g/mol. The lowest BCUT2D eigenvalue weighted by molar-refractivity contribution is -0.136. The summed E-state index contributed by atoms with van der Waals surface area (Å²) in [6, 6.07) is 15.4. The number of piperidine rings is 1. The third-order valence-electron chi connectivity index (χ3n) is 12.2. The second-order valence-corrected chi connectivity index (χ2v) is 17.1. The molecule has 2 saturated carbocycles. The smallest absolute Gasteiger partial charge is 0.264 e. The molecule has 19 heteroatoms. The van der Waals surface area contributed by atoms with Gasteiger partial charge >= 0.3 is 0 Å². The van der Waals surface area contributed by atoms with Crippen LogP contribution < -0.4 is 31.9 Å². The Morgan fingerprint density at radius 1 is 0.776 bits per heavy atom. The van der Waals surface area contributed by atoms with Crippen LogP contribution in [0.5, 0.6) is 0 Å². The zero-order chi connectivity index (χ0) is 46.3. The van der Waals surface area contributed by atoms with Gasteiger partial charge in [0.25, 0.3) is 17.7 Å². The number of carbonyl (C=O) groups excluding carboxylic acids is 6. The summed E-state index contributed by atoms with van der Waals surface area (Å²) >= 11 is 0. The molecule has 4 aliphatic rings. The molecule has 1 atom stereocenters. The maximum atomic E-state index is 13.5. The van der Waals surface area contributed by atoms with Crippen LogP contribution in [0.25, 0.3) is 10.9 Å². The van der Waals surface area contributed by atoms with E-state index in [2.05, 4.69) is 51.8 Å². The van der Waals surface area contributed by atoms with Gasteiger partial charge < -0.3 is 36.1 Å². The number of nitrogens with one attached hydrogen (secondary N) is 6. The van der Waals surface area contributed by atoms with Gasteiger partial charge in [-0.05, 0) is 86.9 Å². The lowest BCUT2D eigenvalue weighted by atomic mass is 9.85. The summed E-state index contributed by atoms with van der Waals surface area (Å²) in [6.07, 6.45) is 11.7. The normalized spacial score (nSPS) is 19.2. The summed E-state index contributed by atoms with van der Waals surface area (Å²) in [7, 11) is 0. The van der Waals surface area contributed by atoms with Crippen molar-refractivity contribution >= 4 is 69.4 Å². The molecule has 1 aromatic carbocycles. The highest BCUT2D eigenvalue weighted by Crippen LogP contribution is 2.33. The molecule has 4 aromatic heterocycles. The van der Waals surface area contributed by atoms with Crippen molar-refractivity contribution in [3.8, 4) is 0 Å². The highest BCUT2D eigenvalue weighted by molar-refractivity contribution is 6.25. The van der Waals surface area contributed by atoms with Crippen molar-refractivity contribution in [1.29, 1.82) is 0 Å². The summed E-state index contributed by atoms with van der Waals surface area (Å²) in [5.74, 6) is -1.34. The summed E-state index contributed by atoms with van der Waals surface area (Å²) in [5, 5.41) is 19.2. The number of amides is 6. The molecule has 1 unspecified atom stereocenters. The molecule has 5 aromatic rings. The minimum atomic E-state index is -1.03. The molecule has 1 saturated heterocycles. The Morgan fingerprint density at radius 3 is 2.40 bits per heavy atom. The average molecular weight is 910 g/mol. The van der Waals surface area contributed by atoms with Gasteiger partial charge in [0, 0.05) is 79.4 Å². The van der Waals surface area contributed by atoms with Gasteiger partial charge in [-0.2, -0.15) is 0 Å². The van der Waals surface area contributed by atoms with Crippen LogP contribution in [0.1, 0.15) is 93.7 Å². The zero-order valence-corrected chi connectivity index (χ0v) is 36.7. The van der Waals surface area contributed by atoms with E-state index in [1.165, 1.54) is 0 Å². The highest BCUT2D eigenvalue weighted by Gasteiger charge is 2.45. The van der Waals surface area contributed by atoms with E-state index < -0.39 is 29.7 Å². The number of benzene rings is 1. The third kappa shape index (κ3) is 10.8. The average Bonchev–Trinajstić information content (AvgIpc) is 4.12. The maximum Gasteiger partial charge on any atom is 0.264 e. The summed E-state index contributed by atoms with van der Waals surface area (Å²) < 4.78 is 11.6. The number of aromatic nitrogens is 4. The van der Waals surface area contributed by atoms with Crippen LogP contribution >= 0.6 is 0 Å². The van der Waals surface area contributed by atoms with Crippen LogP contribution in [-0.2, 0) is 37.1 Å². The van der Waals surface area contributed by atoms with E-state index >= 15 is 0 Å². The number of fused-ring (bicyclic) bond motifs is 2. The first-order valence-corrected chi connectivity index (χ1v) is 22.7. The first kappa shape index (κ1) is 44.8. The van der Waals surface area contributed by atoms with Gasteiger partial charge in [0.2, 0.25) is 17.7 Å². The minimum absolute atomic E-state index is 0.0143. The Hall–Kier alpha value is -7.38. The van der Waals surface area contributed by atoms with Crippen LogP contribution in [-0.4, -0.2) is 105 Å². The molecule has 0 bridgehead atoms. The zero-order valence-electron chi connectivity index (χ0n) is 36.7. The van der Waals surface area contributed by atoms with E-state index in [0.29, 0.717) is 87.5 Å². The van der Waals surface area contributed by atoms with Crippen molar-refractivity contribution in [2.24, 2.45) is 5.92 Å². The Labute approximate surface area is 385 Å². The van der Waals surface area contributed by atoms with Crippen molar-refractivity contribution in [2.75, 3.05) is 42.3 Å². The highest BCUT2D eigenvalue weighted by atomic mass is 16.5. The third-order valence-corrected chi connectivity index (χ3v) is 12.2. The molecule has 2 aliphatic heterocycles. The number of anilines is 4. The van der Waals surface area contributed by atoms with Gasteiger partial charge in [-0.25, -0.2) is 9.97 Å². The van der Waals surface area contributed by atoms with Gasteiger partial charge in [0.1, 0.15) is 17.7 Å². The number of pyridine rings is 4. The molecule has 2 aliphatic carbocycles. The number of ether oxygens (including phenoxy) is 2. The number of hydrogen-bond donors (Lipinski definition) is 6. The largest absolute Gasteiger partial charge is 0.382 e. The Morgan fingerprint density at radius 2 is 1.60 bits per heavy atom. The van der Waals surface area contributed by atoms with Crippen molar-refractivity contribution in [3.05, 3.63) is 107 Å². The van der Waals surface area contributed by atoms with E-state index in [1.54, 1.807) is 43.0 Å². The van der Waals surface area contributed by atoms with Crippen molar-refractivity contribution < 1.29 is 38.2 Å². The van der Waals surface area contributed by atoms with E-state index in [4.69, 9.17) is 9.47 Å². The van der Waals surface area contributed by atoms with E-state index in [1.807, 2.05) is 36.4 Å². The van der Waals surface area contributed by atoms with E-state index in [0.717, 1.165) is 45.6 Å². The molecule has 19 nitrogen and oxygen atoms in total. The number of imide groups is 2. The van der Waals surface area contributed by atoms with E-state index in [-0.39, 0.29) is 54.3 Å². The molecular formula is C48H51N11O8. The number of hydrogen-bond acceptors (Lipinski definition) is 15. The second kappa shape index (κ2) is 20.4. The first-order valence-electron chi connectivity index (χ1n) is 22.7.